The molecule has 0 aromatic carbocycles. The van der Waals surface area contributed by atoms with Crippen molar-refractivity contribution in [3.8, 4) is 0 Å². The Morgan fingerprint density at radius 1 is 1.10 bits per heavy atom. The summed E-state index contributed by atoms with van der Waals surface area (Å²) in [6.45, 7) is 5.46. The minimum absolute atomic E-state index is 0.230. The van der Waals surface area contributed by atoms with Crippen molar-refractivity contribution >= 4 is 6.03 Å². The maximum Gasteiger partial charge on any atom is 0.318 e. The Hall–Kier alpha value is -0.730. The number of nitrogens with one attached hydrogen (secondary N) is 1. The zero-order chi connectivity index (χ0) is 13.9. The summed E-state index contributed by atoms with van der Waals surface area (Å²) < 4.78 is 0. The number of carbonyl (C=O) groups excluding carboxylic acids is 1. The lowest BCUT2D eigenvalue weighted by molar-refractivity contribution is -0.0472. The SMILES string of the molecule is CC(C)CC1CN(C2C3CC4CC(C3)CC2C4)C(=O)N1. The Labute approximate surface area is 122 Å². The Balaban J connectivity index is 1.49. The van der Waals surface area contributed by atoms with Gasteiger partial charge in [-0.25, -0.2) is 4.79 Å². The minimum atomic E-state index is 0.230. The van der Waals surface area contributed by atoms with Gasteiger partial charge in [-0.15, -0.1) is 0 Å². The normalized spacial score (nSPS) is 46.4. The topological polar surface area (TPSA) is 32.3 Å². The molecule has 5 aliphatic rings. The average molecular weight is 276 g/mol. The van der Waals surface area contributed by atoms with Crippen molar-refractivity contribution in [3.05, 3.63) is 0 Å². The van der Waals surface area contributed by atoms with E-state index in [1.165, 1.54) is 32.1 Å². The van der Waals surface area contributed by atoms with Gasteiger partial charge in [0.2, 0.25) is 0 Å². The van der Waals surface area contributed by atoms with Crippen LogP contribution in [0.2, 0.25) is 0 Å². The first-order chi connectivity index (χ1) is 9.60. The molecule has 112 valence electrons. The zero-order valence-corrected chi connectivity index (χ0v) is 12.8. The van der Waals surface area contributed by atoms with Gasteiger partial charge >= 0.3 is 6.03 Å². The summed E-state index contributed by atoms with van der Waals surface area (Å²) in [4.78, 5) is 14.6. The van der Waals surface area contributed by atoms with Gasteiger partial charge in [0, 0.05) is 18.6 Å². The number of carbonyl (C=O) groups is 1. The number of amides is 2. The van der Waals surface area contributed by atoms with E-state index >= 15 is 0 Å². The van der Waals surface area contributed by atoms with Crippen molar-refractivity contribution in [2.24, 2.45) is 29.6 Å². The van der Waals surface area contributed by atoms with Crippen LogP contribution in [0.1, 0.15) is 52.4 Å². The monoisotopic (exact) mass is 276 g/mol. The van der Waals surface area contributed by atoms with E-state index < -0.39 is 0 Å². The predicted molar refractivity (Wildman–Crippen MR) is 79.3 cm³/mol. The van der Waals surface area contributed by atoms with Crippen LogP contribution in [-0.4, -0.2) is 29.6 Å². The van der Waals surface area contributed by atoms with E-state index in [2.05, 4.69) is 24.1 Å². The highest BCUT2D eigenvalue weighted by Crippen LogP contribution is 2.55. The summed E-state index contributed by atoms with van der Waals surface area (Å²) in [6, 6.07) is 1.19. The second kappa shape index (κ2) is 4.64. The maximum atomic E-state index is 12.4. The standard InChI is InChI=1S/C17H28N2O/c1-10(2)3-15-9-19(17(20)18-15)16-13-5-11-4-12(7-13)8-14(16)6-11/h10-16H,3-9H2,1-2H3,(H,18,20). The van der Waals surface area contributed by atoms with Crippen LogP contribution < -0.4 is 5.32 Å². The van der Waals surface area contributed by atoms with Crippen LogP contribution in [0.3, 0.4) is 0 Å². The highest BCUT2D eigenvalue weighted by atomic mass is 16.2. The molecule has 5 rings (SSSR count). The smallest absolute Gasteiger partial charge is 0.318 e. The van der Waals surface area contributed by atoms with Crippen LogP contribution in [0.15, 0.2) is 0 Å². The van der Waals surface area contributed by atoms with Crippen molar-refractivity contribution in [3.63, 3.8) is 0 Å². The number of hydrogen-bond acceptors (Lipinski definition) is 1. The molecule has 1 atom stereocenters. The van der Waals surface area contributed by atoms with Crippen LogP contribution in [0.5, 0.6) is 0 Å². The first-order valence-electron chi connectivity index (χ1n) is 8.67. The van der Waals surface area contributed by atoms with Crippen molar-refractivity contribution in [2.75, 3.05) is 6.54 Å². The molecular weight excluding hydrogens is 248 g/mol. The molecular formula is C17H28N2O. The molecule has 0 spiro atoms. The Morgan fingerprint density at radius 2 is 1.70 bits per heavy atom. The van der Waals surface area contributed by atoms with Gasteiger partial charge in [0.1, 0.15) is 0 Å². The summed E-state index contributed by atoms with van der Waals surface area (Å²) >= 11 is 0. The molecule has 5 fully saturated rings. The molecule has 3 nitrogen and oxygen atoms in total. The Kier molecular flexibility index (Phi) is 3.01. The van der Waals surface area contributed by atoms with Crippen LogP contribution >= 0.6 is 0 Å². The van der Waals surface area contributed by atoms with Crippen molar-refractivity contribution in [1.29, 1.82) is 0 Å². The molecule has 1 aliphatic heterocycles. The van der Waals surface area contributed by atoms with Gasteiger partial charge in [-0.1, -0.05) is 13.8 Å². The average Bonchev–Trinajstić information content (AvgIpc) is 2.68. The fourth-order valence-corrected chi connectivity index (χ4v) is 5.99. The maximum absolute atomic E-state index is 12.4. The summed E-state index contributed by atoms with van der Waals surface area (Å²) in [7, 11) is 0. The quantitative estimate of drug-likeness (QED) is 0.843. The third-order valence-corrected chi connectivity index (χ3v) is 6.30. The first kappa shape index (κ1) is 13.0. The van der Waals surface area contributed by atoms with E-state index in [-0.39, 0.29) is 6.03 Å². The number of hydrogen-bond donors (Lipinski definition) is 1. The van der Waals surface area contributed by atoms with E-state index in [0.29, 0.717) is 18.0 Å². The molecule has 0 aromatic heterocycles. The van der Waals surface area contributed by atoms with Gasteiger partial charge < -0.3 is 10.2 Å². The predicted octanol–water partition coefficient (Wildman–Crippen LogP) is 3.25. The Bertz CT molecular complexity index is 378. The summed E-state index contributed by atoms with van der Waals surface area (Å²) in [5.41, 5.74) is 0. The van der Waals surface area contributed by atoms with Crippen LogP contribution in [0.25, 0.3) is 0 Å². The summed E-state index contributed by atoms with van der Waals surface area (Å²) in [5.74, 6) is 4.28. The van der Waals surface area contributed by atoms with E-state index in [9.17, 15) is 4.79 Å². The number of rotatable bonds is 3. The van der Waals surface area contributed by atoms with Gasteiger partial charge in [0.15, 0.2) is 0 Å². The third-order valence-electron chi connectivity index (χ3n) is 6.30. The van der Waals surface area contributed by atoms with Gasteiger partial charge in [0.25, 0.3) is 0 Å². The van der Waals surface area contributed by atoms with Crippen molar-refractivity contribution in [2.45, 2.75) is 64.5 Å². The molecule has 0 radical (unpaired) electrons. The Morgan fingerprint density at radius 3 is 2.25 bits per heavy atom. The zero-order valence-electron chi connectivity index (χ0n) is 12.8. The second-order valence-corrected chi connectivity index (χ2v) is 8.35. The van der Waals surface area contributed by atoms with Crippen LogP contribution in [0, 0.1) is 29.6 Å². The molecule has 3 heteroatoms. The van der Waals surface area contributed by atoms with Gasteiger partial charge in [0.05, 0.1) is 0 Å². The highest BCUT2D eigenvalue weighted by Gasteiger charge is 2.52. The summed E-state index contributed by atoms with van der Waals surface area (Å²) in [6.07, 6.45) is 8.20. The molecule has 1 unspecified atom stereocenters. The molecule has 4 bridgehead atoms. The fourth-order valence-electron chi connectivity index (χ4n) is 5.99. The molecule has 1 heterocycles. The van der Waals surface area contributed by atoms with Gasteiger partial charge in [-0.05, 0) is 68.1 Å². The fraction of sp³-hybridized carbons (Fsp3) is 0.941. The number of urea groups is 1. The molecule has 4 aliphatic carbocycles. The van der Waals surface area contributed by atoms with Crippen LogP contribution in [0.4, 0.5) is 4.79 Å². The molecule has 1 saturated heterocycles. The number of nitrogens with zero attached hydrogens (tertiary/aromatic N) is 1. The lowest BCUT2D eigenvalue weighted by atomic mass is 9.54. The van der Waals surface area contributed by atoms with Gasteiger partial charge in [-0.2, -0.15) is 0 Å². The van der Waals surface area contributed by atoms with E-state index in [0.717, 1.165) is 36.6 Å². The lowest BCUT2D eigenvalue weighted by Gasteiger charge is -2.56. The second-order valence-electron chi connectivity index (χ2n) is 8.35. The molecule has 4 saturated carbocycles. The molecule has 20 heavy (non-hydrogen) atoms. The van der Waals surface area contributed by atoms with Gasteiger partial charge in [-0.3, -0.25) is 0 Å². The van der Waals surface area contributed by atoms with Crippen LogP contribution in [-0.2, 0) is 0 Å². The van der Waals surface area contributed by atoms with Crippen molar-refractivity contribution < 1.29 is 4.79 Å². The summed E-state index contributed by atoms with van der Waals surface area (Å²) in [5, 5.41) is 3.23. The van der Waals surface area contributed by atoms with E-state index in [1.807, 2.05) is 0 Å². The largest absolute Gasteiger partial charge is 0.333 e. The first-order valence-corrected chi connectivity index (χ1v) is 8.67. The van der Waals surface area contributed by atoms with E-state index in [1.54, 1.807) is 0 Å². The van der Waals surface area contributed by atoms with E-state index in [4.69, 9.17) is 0 Å². The molecule has 1 N–H and O–H groups in total. The lowest BCUT2D eigenvalue weighted by Crippen LogP contribution is -2.56. The molecule has 0 aromatic rings. The van der Waals surface area contributed by atoms with Crippen molar-refractivity contribution in [1.82, 2.24) is 10.2 Å². The highest BCUT2D eigenvalue weighted by molar-refractivity contribution is 5.77. The minimum Gasteiger partial charge on any atom is -0.333 e. The third kappa shape index (κ3) is 2.05. The molecule has 2 amide bonds.